The van der Waals surface area contributed by atoms with Gasteiger partial charge in [0.2, 0.25) is 0 Å². The number of benzene rings is 1. The molecule has 0 aliphatic rings. The van der Waals surface area contributed by atoms with Crippen molar-refractivity contribution in [1.29, 1.82) is 0 Å². The second kappa shape index (κ2) is 4.79. The van der Waals surface area contributed by atoms with Crippen LogP contribution in [0.4, 0.5) is 14.6 Å². The molecule has 6 heteroatoms. The predicted molar refractivity (Wildman–Crippen MR) is 76.6 cm³/mol. The molecule has 20 heavy (non-hydrogen) atoms. The summed E-state index contributed by atoms with van der Waals surface area (Å²) in [5.41, 5.74) is 6.05. The Morgan fingerprint density at radius 1 is 1.20 bits per heavy atom. The Kier molecular flexibility index (Phi) is 3.10. The molecule has 0 unspecified atom stereocenters. The summed E-state index contributed by atoms with van der Waals surface area (Å²) in [6, 6.07) is 5.25. The third kappa shape index (κ3) is 2.12. The number of aryl methyl sites for hydroxylation is 1. The van der Waals surface area contributed by atoms with Crippen LogP contribution in [-0.4, -0.2) is 9.97 Å². The first-order valence-electron chi connectivity index (χ1n) is 6.10. The van der Waals surface area contributed by atoms with Gasteiger partial charge in [-0.25, -0.2) is 18.7 Å². The average Bonchev–Trinajstić information content (AvgIpc) is 2.82. The molecule has 0 amide bonds. The Hall–Kier alpha value is -2.08. The fraction of sp³-hybridized carbons (Fsp3) is 0.143. The minimum atomic E-state index is -0.698. The van der Waals surface area contributed by atoms with Crippen LogP contribution in [0, 0.1) is 11.6 Å². The Labute approximate surface area is 118 Å². The molecule has 0 radical (unpaired) electrons. The van der Waals surface area contributed by atoms with Crippen LogP contribution in [0.25, 0.3) is 21.6 Å². The topological polar surface area (TPSA) is 51.8 Å². The predicted octanol–water partition coefficient (Wildman–Crippen LogP) is 3.78. The number of hydrogen-bond donors (Lipinski definition) is 1. The van der Waals surface area contributed by atoms with Crippen molar-refractivity contribution in [2.24, 2.45) is 0 Å². The number of halogens is 2. The zero-order valence-electron chi connectivity index (χ0n) is 10.7. The Balaban J connectivity index is 2.21. The average molecular weight is 291 g/mol. The first kappa shape index (κ1) is 12.9. The van der Waals surface area contributed by atoms with E-state index in [-0.39, 0.29) is 11.4 Å². The molecule has 2 heterocycles. The third-order valence-electron chi connectivity index (χ3n) is 2.99. The molecule has 0 saturated heterocycles. The summed E-state index contributed by atoms with van der Waals surface area (Å²) in [5, 5.41) is 0.776. The highest BCUT2D eigenvalue weighted by atomic mass is 32.1. The van der Waals surface area contributed by atoms with Crippen LogP contribution in [0.3, 0.4) is 0 Å². The molecule has 0 spiro atoms. The normalized spacial score (nSPS) is 11.2. The van der Waals surface area contributed by atoms with Gasteiger partial charge in [-0.2, -0.15) is 0 Å². The number of nitrogen functional groups attached to an aromatic ring is 1. The van der Waals surface area contributed by atoms with Gasteiger partial charge in [-0.15, -0.1) is 11.3 Å². The molecular weight excluding hydrogens is 280 g/mol. The minimum Gasteiger partial charge on any atom is -0.383 e. The molecular formula is C14H11F2N3S. The van der Waals surface area contributed by atoms with Crippen molar-refractivity contribution in [2.45, 2.75) is 13.3 Å². The summed E-state index contributed by atoms with van der Waals surface area (Å²) < 4.78 is 26.7. The highest BCUT2D eigenvalue weighted by Gasteiger charge is 2.14. The standard InChI is InChI=1S/C14H11F2N3S/c1-2-8-6-10-12(17)18-13(19-14(10)20-8)9-4-3-7(15)5-11(9)16/h3-6H,2H2,1H3,(H2,17,18,19). The van der Waals surface area contributed by atoms with Crippen LogP contribution in [0.15, 0.2) is 24.3 Å². The molecule has 3 aromatic rings. The van der Waals surface area contributed by atoms with E-state index in [1.54, 1.807) is 0 Å². The van der Waals surface area contributed by atoms with Gasteiger partial charge >= 0.3 is 0 Å². The Morgan fingerprint density at radius 3 is 2.70 bits per heavy atom. The van der Waals surface area contributed by atoms with Crippen molar-refractivity contribution in [3.05, 3.63) is 40.8 Å². The van der Waals surface area contributed by atoms with E-state index in [9.17, 15) is 8.78 Å². The molecule has 0 aliphatic heterocycles. The van der Waals surface area contributed by atoms with E-state index in [4.69, 9.17) is 5.73 Å². The Bertz CT molecular complexity index is 798. The van der Waals surface area contributed by atoms with Crippen molar-refractivity contribution >= 4 is 27.4 Å². The van der Waals surface area contributed by atoms with Gasteiger partial charge in [-0.3, -0.25) is 0 Å². The lowest BCUT2D eigenvalue weighted by molar-refractivity contribution is 0.585. The molecule has 0 bridgehead atoms. The van der Waals surface area contributed by atoms with Crippen LogP contribution in [0.1, 0.15) is 11.8 Å². The monoisotopic (exact) mass is 291 g/mol. The quantitative estimate of drug-likeness (QED) is 0.781. The van der Waals surface area contributed by atoms with E-state index < -0.39 is 11.6 Å². The van der Waals surface area contributed by atoms with Gasteiger partial charge in [0.05, 0.1) is 10.9 Å². The molecule has 0 saturated carbocycles. The van der Waals surface area contributed by atoms with Crippen molar-refractivity contribution in [2.75, 3.05) is 5.73 Å². The van der Waals surface area contributed by atoms with Crippen molar-refractivity contribution in [3.8, 4) is 11.4 Å². The number of fused-ring (bicyclic) bond motifs is 1. The zero-order chi connectivity index (χ0) is 14.3. The number of aromatic nitrogens is 2. The fourth-order valence-electron chi connectivity index (χ4n) is 1.96. The molecule has 102 valence electrons. The van der Waals surface area contributed by atoms with E-state index in [1.165, 1.54) is 23.5 Å². The largest absolute Gasteiger partial charge is 0.383 e. The molecule has 3 rings (SSSR count). The molecule has 0 aliphatic carbocycles. The van der Waals surface area contributed by atoms with Gasteiger partial charge in [0, 0.05) is 10.9 Å². The first-order chi connectivity index (χ1) is 9.58. The first-order valence-corrected chi connectivity index (χ1v) is 6.91. The van der Waals surface area contributed by atoms with Crippen LogP contribution < -0.4 is 5.73 Å². The van der Waals surface area contributed by atoms with Gasteiger partial charge in [0.25, 0.3) is 0 Å². The van der Waals surface area contributed by atoms with E-state index in [1.807, 2.05) is 13.0 Å². The molecule has 0 fully saturated rings. The summed E-state index contributed by atoms with van der Waals surface area (Å²) in [6.07, 6.45) is 0.876. The highest BCUT2D eigenvalue weighted by molar-refractivity contribution is 7.18. The number of anilines is 1. The third-order valence-corrected chi connectivity index (χ3v) is 4.17. The number of nitrogens with two attached hydrogens (primary N) is 1. The van der Waals surface area contributed by atoms with E-state index in [2.05, 4.69) is 9.97 Å². The SMILES string of the molecule is CCc1cc2c(N)nc(-c3ccc(F)cc3F)nc2s1. The van der Waals surface area contributed by atoms with Crippen LogP contribution >= 0.6 is 11.3 Å². The van der Waals surface area contributed by atoms with Gasteiger partial charge in [-0.1, -0.05) is 6.92 Å². The summed E-state index contributed by atoms with van der Waals surface area (Å²) in [7, 11) is 0. The van der Waals surface area contributed by atoms with Gasteiger partial charge in [-0.05, 0) is 24.6 Å². The molecule has 0 atom stereocenters. The van der Waals surface area contributed by atoms with Gasteiger partial charge in [0.15, 0.2) is 5.82 Å². The summed E-state index contributed by atoms with van der Waals surface area (Å²) in [5.74, 6) is -0.845. The lowest BCUT2D eigenvalue weighted by Crippen LogP contribution is -1.97. The summed E-state index contributed by atoms with van der Waals surface area (Å²) in [6.45, 7) is 2.04. The molecule has 3 nitrogen and oxygen atoms in total. The van der Waals surface area contributed by atoms with Crippen molar-refractivity contribution in [3.63, 3.8) is 0 Å². The second-order valence-corrected chi connectivity index (χ2v) is 5.46. The lowest BCUT2D eigenvalue weighted by atomic mass is 10.2. The van der Waals surface area contributed by atoms with Crippen molar-refractivity contribution in [1.82, 2.24) is 9.97 Å². The highest BCUT2D eigenvalue weighted by Crippen LogP contribution is 2.31. The fourth-order valence-corrected chi connectivity index (χ4v) is 2.93. The number of nitrogens with zero attached hydrogens (tertiary/aromatic N) is 2. The van der Waals surface area contributed by atoms with Crippen LogP contribution in [0.5, 0.6) is 0 Å². The van der Waals surface area contributed by atoms with E-state index in [0.717, 1.165) is 22.8 Å². The van der Waals surface area contributed by atoms with E-state index >= 15 is 0 Å². The maximum atomic E-state index is 13.8. The maximum Gasteiger partial charge on any atom is 0.166 e. The van der Waals surface area contributed by atoms with E-state index in [0.29, 0.717) is 10.6 Å². The number of thiophene rings is 1. The smallest absolute Gasteiger partial charge is 0.166 e. The van der Waals surface area contributed by atoms with Crippen molar-refractivity contribution < 1.29 is 8.78 Å². The second-order valence-electron chi connectivity index (χ2n) is 4.34. The maximum absolute atomic E-state index is 13.8. The lowest BCUT2D eigenvalue weighted by Gasteiger charge is -2.03. The van der Waals surface area contributed by atoms with Crippen LogP contribution in [0.2, 0.25) is 0 Å². The molecule has 1 aromatic carbocycles. The summed E-state index contributed by atoms with van der Waals surface area (Å²) >= 11 is 1.50. The zero-order valence-corrected chi connectivity index (χ0v) is 11.5. The number of rotatable bonds is 2. The minimum absolute atomic E-state index is 0.145. The number of hydrogen-bond acceptors (Lipinski definition) is 4. The van der Waals surface area contributed by atoms with Gasteiger partial charge in [0.1, 0.15) is 22.3 Å². The Morgan fingerprint density at radius 2 is 2.00 bits per heavy atom. The molecule has 2 aromatic heterocycles. The molecule has 2 N–H and O–H groups in total. The van der Waals surface area contributed by atoms with Gasteiger partial charge < -0.3 is 5.73 Å². The van der Waals surface area contributed by atoms with Crippen LogP contribution in [-0.2, 0) is 6.42 Å². The summed E-state index contributed by atoms with van der Waals surface area (Å²) in [4.78, 5) is 10.3.